The van der Waals surface area contributed by atoms with Crippen molar-refractivity contribution in [3.8, 4) is 0 Å². The minimum absolute atomic E-state index is 0.0426. The Balaban J connectivity index is 2.16. The molecule has 1 amide bonds. The highest BCUT2D eigenvalue weighted by Gasteiger charge is 2.16. The van der Waals surface area contributed by atoms with Gasteiger partial charge < -0.3 is 9.30 Å². The summed E-state index contributed by atoms with van der Waals surface area (Å²) in [4.78, 5) is 17.1. The fourth-order valence-corrected chi connectivity index (χ4v) is 4.23. The molecule has 1 aromatic heterocycles. The largest absolute Gasteiger partial charge is 0.383 e. The summed E-state index contributed by atoms with van der Waals surface area (Å²) < 4.78 is 22.9. The van der Waals surface area contributed by atoms with Gasteiger partial charge in [0.2, 0.25) is 0 Å². The predicted molar refractivity (Wildman–Crippen MR) is 101 cm³/mol. The van der Waals surface area contributed by atoms with Crippen LogP contribution in [0.25, 0.3) is 10.2 Å². The van der Waals surface area contributed by atoms with Gasteiger partial charge in [-0.2, -0.15) is 4.99 Å². The van der Waals surface area contributed by atoms with Gasteiger partial charge in [0.05, 0.1) is 27.4 Å². The lowest BCUT2D eigenvalue weighted by Crippen LogP contribution is -2.19. The quantitative estimate of drug-likeness (QED) is 0.589. The van der Waals surface area contributed by atoms with Crippen molar-refractivity contribution in [2.24, 2.45) is 4.99 Å². The van der Waals surface area contributed by atoms with Crippen molar-refractivity contribution in [3.05, 3.63) is 62.1 Å². The zero-order valence-corrected chi connectivity index (χ0v) is 16.3. The number of thiazole rings is 1. The van der Waals surface area contributed by atoms with Gasteiger partial charge in [-0.15, -0.1) is 0 Å². The molecule has 0 bridgehead atoms. The maximum atomic E-state index is 14.0. The van der Waals surface area contributed by atoms with E-state index in [4.69, 9.17) is 16.3 Å². The number of hydrogen-bond donors (Lipinski definition) is 0. The highest BCUT2D eigenvalue weighted by molar-refractivity contribution is 9.10. The van der Waals surface area contributed by atoms with Crippen LogP contribution in [0.4, 0.5) is 4.39 Å². The molecule has 0 aliphatic rings. The van der Waals surface area contributed by atoms with E-state index in [-0.39, 0.29) is 10.6 Å². The topological polar surface area (TPSA) is 43.6 Å². The van der Waals surface area contributed by atoms with E-state index in [9.17, 15) is 9.18 Å². The Morgan fingerprint density at radius 2 is 2.20 bits per heavy atom. The van der Waals surface area contributed by atoms with Crippen LogP contribution in [0.1, 0.15) is 10.4 Å². The fraction of sp³-hybridized carbons (Fsp3) is 0.176. The molecular weight excluding hydrogens is 431 g/mol. The van der Waals surface area contributed by atoms with Crippen LogP contribution in [0.3, 0.4) is 0 Å². The number of carbonyl (C=O) groups is 1. The smallest absolute Gasteiger partial charge is 0.284 e. The summed E-state index contributed by atoms with van der Waals surface area (Å²) in [6, 6.07) is 9.90. The van der Waals surface area contributed by atoms with Gasteiger partial charge in [0.25, 0.3) is 5.91 Å². The van der Waals surface area contributed by atoms with Gasteiger partial charge in [-0.05, 0) is 30.3 Å². The number of fused-ring (bicyclic) bond motifs is 1. The molecule has 1 heterocycles. The SMILES string of the molecule is COCCn1c(=NC(=O)c2c(F)cccc2Cl)sc2cc(Br)ccc21. The summed E-state index contributed by atoms with van der Waals surface area (Å²) in [5, 5.41) is 0.0426. The number of ether oxygens (including phenoxy) is 1. The molecule has 130 valence electrons. The molecule has 0 saturated carbocycles. The van der Waals surface area contributed by atoms with E-state index in [1.54, 1.807) is 7.11 Å². The maximum Gasteiger partial charge on any atom is 0.284 e. The first-order valence-electron chi connectivity index (χ1n) is 7.32. The third-order valence-corrected chi connectivity index (χ3v) is 5.39. The second-order valence-electron chi connectivity index (χ2n) is 5.15. The van der Waals surface area contributed by atoms with E-state index < -0.39 is 11.7 Å². The number of aromatic nitrogens is 1. The highest BCUT2D eigenvalue weighted by Crippen LogP contribution is 2.23. The fourth-order valence-electron chi connectivity index (χ4n) is 2.38. The molecule has 25 heavy (non-hydrogen) atoms. The monoisotopic (exact) mass is 442 g/mol. The van der Waals surface area contributed by atoms with Gasteiger partial charge >= 0.3 is 0 Å². The lowest BCUT2D eigenvalue weighted by atomic mass is 10.2. The zero-order chi connectivity index (χ0) is 18.0. The minimum Gasteiger partial charge on any atom is -0.383 e. The average Bonchev–Trinajstić information content (AvgIpc) is 2.88. The summed E-state index contributed by atoms with van der Waals surface area (Å²) >= 11 is 10.7. The Bertz CT molecular complexity index is 995. The summed E-state index contributed by atoms with van der Waals surface area (Å²) in [5.41, 5.74) is 0.706. The first-order chi connectivity index (χ1) is 12.0. The molecule has 0 saturated heterocycles. The molecule has 0 N–H and O–H groups in total. The van der Waals surface area contributed by atoms with Crippen LogP contribution >= 0.6 is 38.9 Å². The summed E-state index contributed by atoms with van der Waals surface area (Å²) in [7, 11) is 1.60. The van der Waals surface area contributed by atoms with E-state index in [2.05, 4.69) is 20.9 Å². The Morgan fingerprint density at radius 3 is 2.92 bits per heavy atom. The molecule has 3 rings (SSSR count). The molecule has 0 spiro atoms. The lowest BCUT2D eigenvalue weighted by Gasteiger charge is -2.04. The summed E-state index contributed by atoms with van der Waals surface area (Å²) in [5.74, 6) is -1.39. The normalized spacial score (nSPS) is 12.1. The number of methoxy groups -OCH3 is 1. The van der Waals surface area contributed by atoms with Gasteiger partial charge in [0.15, 0.2) is 4.80 Å². The highest BCUT2D eigenvalue weighted by atomic mass is 79.9. The summed E-state index contributed by atoms with van der Waals surface area (Å²) in [6.45, 7) is 0.985. The molecule has 0 atom stereocenters. The van der Waals surface area contributed by atoms with Crippen molar-refractivity contribution in [1.29, 1.82) is 0 Å². The molecule has 4 nitrogen and oxygen atoms in total. The van der Waals surface area contributed by atoms with Crippen molar-refractivity contribution in [1.82, 2.24) is 4.57 Å². The van der Waals surface area contributed by atoms with E-state index in [0.29, 0.717) is 18.0 Å². The van der Waals surface area contributed by atoms with Crippen molar-refractivity contribution in [2.45, 2.75) is 6.54 Å². The van der Waals surface area contributed by atoms with E-state index >= 15 is 0 Å². The Morgan fingerprint density at radius 1 is 1.40 bits per heavy atom. The molecule has 0 aliphatic carbocycles. The Labute approximate surface area is 160 Å². The van der Waals surface area contributed by atoms with Crippen LogP contribution in [0.5, 0.6) is 0 Å². The van der Waals surface area contributed by atoms with E-state index in [1.165, 1.54) is 29.5 Å². The first kappa shape index (κ1) is 18.3. The molecule has 0 fully saturated rings. The van der Waals surface area contributed by atoms with E-state index in [0.717, 1.165) is 14.7 Å². The van der Waals surface area contributed by atoms with Crippen LogP contribution in [0.2, 0.25) is 5.02 Å². The number of hydrogen-bond acceptors (Lipinski definition) is 3. The van der Waals surface area contributed by atoms with Gasteiger partial charge in [-0.25, -0.2) is 4.39 Å². The number of nitrogens with zero attached hydrogens (tertiary/aromatic N) is 2. The standard InChI is InChI=1S/C17H13BrClFN2O2S/c1-24-8-7-22-13-6-5-10(18)9-14(13)25-17(22)21-16(23)15-11(19)3-2-4-12(15)20/h2-6,9H,7-8H2,1H3. The molecule has 8 heteroatoms. The minimum atomic E-state index is -0.708. The van der Waals surface area contributed by atoms with Crippen LogP contribution in [-0.4, -0.2) is 24.2 Å². The number of carbonyl (C=O) groups excluding carboxylic acids is 1. The van der Waals surface area contributed by atoms with Gasteiger partial charge in [0.1, 0.15) is 5.82 Å². The first-order valence-corrected chi connectivity index (χ1v) is 9.31. The molecule has 0 unspecified atom stereocenters. The van der Waals surface area contributed by atoms with Crippen LogP contribution < -0.4 is 4.80 Å². The number of halogens is 3. The lowest BCUT2D eigenvalue weighted by molar-refractivity contribution is 0.0993. The Hall–Kier alpha value is -1.54. The second-order valence-corrected chi connectivity index (χ2v) is 7.49. The van der Waals surface area contributed by atoms with Crippen molar-refractivity contribution >= 4 is 55.0 Å². The average molecular weight is 444 g/mol. The molecule has 3 aromatic rings. The van der Waals surface area contributed by atoms with Crippen molar-refractivity contribution < 1.29 is 13.9 Å². The molecule has 0 aliphatic heterocycles. The number of benzene rings is 2. The molecule has 0 radical (unpaired) electrons. The summed E-state index contributed by atoms with van der Waals surface area (Å²) in [6.07, 6.45) is 0. The molecular formula is C17H13BrClFN2O2S. The maximum absolute atomic E-state index is 14.0. The second kappa shape index (κ2) is 7.78. The van der Waals surface area contributed by atoms with Crippen molar-refractivity contribution in [2.75, 3.05) is 13.7 Å². The number of rotatable bonds is 4. The van der Waals surface area contributed by atoms with Gasteiger partial charge in [-0.1, -0.05) is 44.9 Å². The zero-order valence-electron chi connectivity index (χ0n) is 13.1. The van der Waals surface area contributed by atoms with Crippen LogP contribution in [0, 0.1) is 5.82 Å². The third-order valence-electron chi connectivity index (χ3n) is 3.54. The van der Waals surface area contributed by atoms with Gasteiger partial charge in [0, 0.05) is 18.1 Å². The van der Waals surface area contributed by atoms with Gasteiger partial charge in [-0.3, -0.25) is 4.79 Å². The van der Waals surface area contributed by atoms with Crippen molar-refractivity contribution in [3.63, 3.8) is 0 Å². The Kier molecular flexibility index (Phi) is 5.68. The number of amides is 1. The predicted octanol–water partition coefficient (Wildman–Crippen LogP) is 4.65. The van der Waals surface area contributed by atoms with Crippen LogP contribution in [-0.2, 0) is 11.3 Å². The van der Waals surface area contributed by atoms with Crippen LogP contribution in [0.15, 0.2) is 45.9 Å². The molecule has 2 aromatic carbocycles. The van der Waals surface area contributed by atoms with E-state index in [1.807, 2.05) is 22.8 Å². The third kappa shape index (κ3) is 3.84.